The molecule has 1 heterocycles. The number of aromatic nitrogens is 2. The molecule has 0 fully saturated rings. The number of rotatable bonds is 1. The Hall–Kier alpha value is -1.12. The van der Waals surface area contributed by atoms with Crippen LogP contribution >= 0.6 is 0 Å². The molecule has 76 valence electrons. The van der Waals surface area contributed by atoms with Gasteiger partial charge in [0.25, 0.3) is 0 Å². The second-order valence-corrected chi connectivity index (χ2v) is 4.20. The van der Waals surface area contributed by atoms with Crippen LogP contribution in [0, 0.1) is 0 Å². The molecule has 0 bridgehead atoms. The first-order chi connectivity index (χ1) is 6.72. The molecular weight excluding hydrogens is 174 g/mol. The number of nitrogens with one attached hydrogen (secondary N) is 1. The third kappa shape index (κ3) is 1.47. The van der Waals surface area contributed by atoms with E-state index in [-0.39, 0.29) is 0 Å². The Morgan fingerprint density at radius 2 is 1.93 bits per heavy atom. The number of hydrogen-bond donors (Lipinski definition) is 1. The van der Waals surface area contributed by atoms with Gasteiger partial charge >= 0.3 is 0 Å². The molecule has 0 amide bonds. The van der Waals surface area contributed by atoms with Crippen molar-refractivity contribution < 1.29 is 0 Å². The van der Waals surface area contributed by atoms with Gasteiger partial charge < -0.3 is 5.32 Å². The van der Waals surface area contributed by atoms with Crippen molar-refractivity contribution in [3.05, 3.63) is 17.3 Å². The van der Waals surface area contributed by atoms with Crippen molar-refractivity contribution in [2.75, 3.05) is 12.4 Å². The summed E-state index contributed by atoms with van der Waals surface area (Å²) in [6.45, 7) is 4.50. The van der Waals surface area contributed by atoms with Gasteiger partial charge in [-0.3, -0.25) is 0 Å². The molecular formula is C11H17N3. The molecule has 1 aromatic heterocycles. The van der Waals surface area contributed by atoms with E-state index in [1.165, 1.54) is 24.1 Å². The lowest BCUT2D eigenvalue weighted by Crippen LogP contribution is -2.14. The summed E-state index contributed by atoms with van der Waals surface area (Å²) in [7, 11) is 1.88. The Labute approximate surface area is 84.9 Å². The molecule has 1 aliphatic carbocycles. The first-order valence-corrected chi connectivity index (χ1v) is 5.27. The molecule has 1 aliphatic rings. The van der Waals surface area contributed by atoms with Crippen molar-refractivity contribution in [1.82, 2.24) is 10.2 Å². The third-order valence-electron chi connectivity index (χ3n) is 3.14. The second kappa shape index (κ2) is 3.56. The van der Waals surface area contributed by atoms with E-state index in [9.17, 15) is 0 Å². The smallest absolute Gasteiger partial charge is 0.148 e. The van der Waals surface area contributed by atoms with Crippen LogP contribution in [0.3, 0.4) is 0 Å². The highest BCUT2D eigenvalue weighted by molar-refractivity contribution is 5.40. The Morgan fingerprint density at radius 3 is 2.64 bits per heavy atom. The van der Waals surface area contributed by atoms with Crippen LogP contribution in [0.15, 0.2) is 6.07 Å². The lowest BCUT2D eigenvalue weighted by Gasteiger charge is -2.25. The molecule has 3 heteroatoms. The lowest BCUT2D eigenvalue weighted by molar-refractivity contribution is 0.508. The molecule has 2 unspecified atom stereocenters. The summed E-state index contributed by atoms with van der Waals surface area (Å²) in [4.78, 5) is 0. The SMILES string of the molecule is CNc1cc2c(nn1)C(C)CCC2C. The predicted octanol–water partition coefficient (Wildman–Crippen LogP) is 2.52. The summed E-state index contributed by atoms with van der Waals surface area (Å²) in [5, 5.41) is 11.5. The van der Waals surface area contributed by atoms with E-state index >= 15 is 0 Å². The second-order valence-electron chi connectivity index (χ2n) is 4.20. The number of hydrogen-bond acceptors (Lipinski definition) is 3. The molecule has 1 N–H and O–H groups in total. The largest absolute Gasteiger partial charge is 0.372 e. The Bertz CT molecular complexity index is 335. The predicted molar refractivity (Wildman–Crippen MR) is 57.6 cm³/mol. The molecule has 14 heavy (non-hydrogen) atoms. The maximum absolute atomic E-state index is 4.31. The molecule has 2 rings (SSSR count). The monoisotopic (exact) mass is 191 g/mol. The standard InChI is InChI=1S/C11H17N3/c1-7-4-5-8(2)11-9(7)6-10(12-3)13-14-11/h6-8H,4-5H2,1-3H3,(H,12,13). The molecule has 2 atom stereocenters. The van der Waals surface area contributed by atoms with Gasteiger partial charge in [-0.05, 0) is 30.4 Å². The number of anilines is 1. The first kappa shape index (κ1) is 9.44. The summed E-state index contributed by atoms with van der Waals surface area (Å²) in [6, 6.07) is 2.14. The van der Waals surface area contributed by atoms with Crippen molar-refractivity contribution >= 4 is 5.82 Å². The van der Waals surface area contributed by atoms with Crippen LogP contribution in [0.2, 0.25) is 0 Å². The average molecular weight is 191 g/mol. The van der Waals surface area contributed by atoms with Gasteiger partial charge in [-0.1, -0.05) is 13.8 Å². The van der Waals surface area contributed by atoms with Crippen LogP contribution in [-0.2, 0) is 0 Å². The van der Waals surface area contributed by atoms with Gasteiger partial charge in [-0.15, -0.1) is 5.10 Å². The van der Waals surface area contributed by atoms with E-state index in [4.69, 9.17) is 0 Å². The highest BCUT2D eigenvalue weighted by Crippen LogP contribution is 2.37. The quantitative estimate of drug-likeness (QED) is 0.741. The molecule has 3 nitrogen and oxygen atoms in total. The van der Waals surface area contributed by atoms with Crippen LogP contribution in [0.4, 0.5) is 5.82 Å². The Balaban J connectivity index is 2.45. The lowest BCUT2D eigenvalue weighted by atomic mass is 9.82. The maximum Gasteiger partial charge on any atom is 0.148 e. The Kier molecular flexibility index (Phi) is 2.40. The molecule has 0 saturated carbocycles. The highest BCUT2D eigenvalue weighted by atomic mass is 15.2. The van der Waals surface area contributed by atoms with Gasteiger partial charge in [0.15, 0.2) is 0 Å². The van der Waals surface area contributed by atoms with Crippen LogP contribution in [0.25, 0.3) is 0 Å². The fourth-order valence-corrected chi connectivity index (χ4v) is 2.11. The van der Waals surface area contributed by atoms with Crippen molar-refractivity contribution in [3.63, 3.8) is 0 Å². The van der Waals surface area contributed by atoms with E-state index in [2.05, 4.69) is 35.4 Å². The minimum atomic E-state index is 0.569. The van der Waals surface area contributed by atoms with Crippen molar-refractivity contribution in [2.24, 2.45) is 0 Å². The van der Waals surface area contributed by atoms with Crippen LogP contribution < -0.4 is 5.32 Å². The van der Waals surface area contributed by atoms with Gasteiger partial charge in [-0.25, -0.2) is 0 Å². The topological polar surface area (TPSA) is 37.8 Å². The third-order valence-corrected chi connectivity index (χ3v) is 3.14. The zero-order chi connectivity index (χ0) is 10.1. The highest BCUT2D eigenvalue weighted by Gasteiger charge is 2.23. The van der Waals surface area contributed by atoms with E-state index in [1.54, 1.807) is 0 Å². The molecule has 0 aromatic carbocycles. The van der Waals surface area contributed by atoms with Crippen LogP contribution in [0.5, 0.6) is 0 Å². The normalized spacial score (nSPS) is 25.6. The molecule has 0 saturated heterocycles. The van der Waals surface area contributed by atoms with Gasteiger partial charge in [-0.2, -0.15) is 5.10 Å². The summed E-state index contributed by atoms with van der Waals surface area (Å²) in [5.74, 6) is 2.08. The fourth-order valence-electron chi connectivity index (χ4n) is 2.11. The van der Waals surface area contributed by atoms with E-state index in [1.807, 2.05) is 7.05 Å². The summed E-state index contributed by atoms with van der Waals surface area (Å²) >= 11 is 0. The van der Waals surface area contributed by atoms with Crippen LogP contribution in [0.1, 0.15) is 49.8 Å². The number of fused-ring (bicyclic) bond motifs is 1. The molecule has 0 aliphatic heterocycles. The van der Waals surface area contributed by atoms with E-state index in [0.717, 1.165) is 5.82 Å². The minimum Gasteiger partial charge on any atom is -0.372 e. The molecule has 0 radical (unpaired) electrons. The summed E-state index contributed by atoms with van der Waals surface area (Å²) in [5.41, 5.74) is 2.57. The van der Waals surface area contributed by atoms with Gasteiger partial charge in [0.2, 0.25) is 0 Å². The minimum absolute atomic E-state index is 0.569. The van der Waals surface area contributed by atoms with Gasteiger partial charge in [0.05, 0.1) is 5.69 Å². The van der Waals surface area contributed by atoms with Gasteiger partial charge in [0.1, 0.15) is 5.82 Å². The van der Waals surface area contributed by atoms with Crippen molar-refractivity contribution in [2.45, 2.75) is 38.5 Å². The van der Waals surface area contributed by atoms with Gasteiger partial charge in [0, 0.05) is 13.0 Å². The first-order valence-electron chi connectivity index (χ1n) is 5.27. The fraction of sp³-hybridized carbons (Fsp3) is 0.636. The number of nitrogens with zero attached hydrogens (tertiary/aromatic N) is 2. The molecule has 0 spiro atoms. The molecule has 1 aromatic rings. The van der Waals surface area contributed by atoms with Crippen molar-refractivity contribution in [1.29, 1.82) is 0 Å². The van der Waals surface area contributed by atoms with Crippen LogP contribution in [-0.4, -0.2) is 17.2 Å². The summed E-state index contributed by atoms with van der Waals surface area (Å²) < 4.78 is 0. The zero-order valence-electron chi connectivity index (χ0n) is 9.04. The maximum atomic E-state index is 4.31. The van der Waals surface area contributed by atoms with E-state index < -0.39 is 0 Å². The zero-order valence-corrected chi connectivity index (χ0v) is 9.04. The average Bonchev–Trinajstić information content (AvgIpc) is 2.23. The summed E-state index contributed by atoms with van der Waals surface area (Å²) in [6.07, 6.45) is 2.50. The van der Waals surface area contributed by atoms with E-state index in [0.29, 0.717) is 11.8 Å². The van der Waals surface area contributed by atoms with Crippen molar-refractivity contribution in [3.8, 4) is 0 Å². The Morgan fingerprint density at radius 1 is 1.21 bits per heavy atom.